The lowest BCUT2D eigenvalue weighted by molar-refractivity contribution is -0.115. The minimum absolute atomic E-state index is 0.0238. The summed E-state index contributed by atoms with van der Waals surface area (Å²) in [7, 11) is 2.02. The first kappa shape index (κ1) is 20.8. The standard InChI is InChI=1S/C23H33N3OS/c1-3-4-9-18-12-14-20(15-13-18)24-22(27)16-21-17-28-23(26(21)2)25-19-10-7-5-6-8-11-19/h12-15,17,19H,3-11,16H2,1-2H3,(H,24,27). The molecule has 0 saturated heterocycles. The van der Waals surface area contributed by atoms with Gasteiger partial charge < -0.3 is 9.88 Å². The van der Waals surface area contributed by atoms with Gasteiger partial charge in [0.2, 0.25) is 5.91 Å². The second-order valence-electron chi connectivity index (χ2n) is 7.87. The maximum Gasteiger partial charge on any atom is 0.230 e. The number of thiazole rings is 1. The van der Waals surface area contributed by atoms with E-state index in [1.165, 1.54) is 56.9 Å². The zero-order valence-electron chi connectivity index (χ0n) is 17.2. The predicted octanol–water partition coefficient (Wildman–Crippen LogP) is 5.23. The summed E-state index contributed by atoms with van der Waals surface area (Å²) >= 11 is 1.65. The van der Waals surface area contributed by atoms with Crippen LogP contribution < -0.4 is 10.1 Å². The van der Waals surface area contributed by atoms with Gasteiger partial charge in [-0.3, -0.25) is 9.79 Å². The highest BCUT2D eigenvalue weighted by molar-refractivity contribution is 7.07. The minimum Gasteiger partial charge on any atom is -0.326 e. The van der Waals surface area contributed by atoms with E-state index in [4.69, 9.17) is 4.99 Å². The van der Waals surface area contributed by atoms with Gasteiger partial charge in [0.25, 0.3) is 0 Å². The fourth-order valence-corrected chi connectivity index (χ4v) is 4.70. The number of hydrogen-bond donors (Lipinski definition) is 1. The van der Waals surface area contributed by atoms with Crippen LogP contribution in [0.25, 0.3) is 0 Å². The Hall–Kier alpha value is -1.88. The zero-order valence-corrected chi connectivity index (χ0v) is 18.1. The number of carbonyl (C=O) groups is 1. The molecule has 1 aliphatic carbocycles. The van der Waals surface area contributed by atoms with Crippen molar-refractivity contribution in [1.82, 2.24) is 4.57 Å². The van der Waals surface area contributed by atoms with Crippen LogP contribution in [0.3, 0.4) is 0 Å². The largest absolute Gasteiger partial charge is 0.326 e. The molecule has 1 saturated carbocycles. The van der Waals surface area contributed by atoms with Crippen LogP contribution in [-0.2, 0) is 24.7 Å². The lowest BCUT2D eigenvalue weighted by Crippen LogP contribution is -2.21. The number of amides is 1. The van der Waals surface area contributed by atoms with E-state index >= 15 is 0 Å². The molecule has 2 aromatic rings. The normalized spacial score (nSPS) is 16.1. The van der Waals surface area contributed by atoms with Gasteiger partial charge in [-0.2, -0.15) is 0 Å². The van der Waals surface area contributed by atoms with Crippen molar-refractivity contribution in [1.29, 1.82) is 0 Å². The molecular weight excluding hydrogens is 366 g/mol. The topological polar surface area (TPSA) is 46.4 Å². The van der Waals surface area contributed by atoms with E-state index in [2.05, 4.69) is 34.3 Å². The lowest BCUT2D eigenvalue weighted by atomic mass is 10.1. The molecule has 0 atom stereocenters. The summed E-state index contributed by atoms with van der Waals surface area (Å²) in [4.78, 5) is 18.5. The van der Waals surface area contributed by atoms with Gasteiger partial charge >= 0.3 is 0 Å². The third-order valence-corrected chi connectivity index (χ3v) is 6.51. The quantitative estimate of drug-likeness (QED) is 0.636. The van der Waals surface area contributed by atoms with Gasteiger partial charge in [-0.25, -0.2) is 0 Å². The number of benzene rings is 1. The van der Waals surface area contributed by atoms with Crippen molar-refractivity contribution >= 4 is 22.9 Å². The predicted molar refractivity (Wildman–Crippen MR) is 118 cm³/mol. The second kappa shape index (κ2) is 10.6. The van der Waals surface area contributed by atoms with E-state index < -0.39 is 0 Å². The van der Waals surface area contributed by atoms with Gasteiger partial charge in [-0.1, -0.05) is 51.2 Å². The molecule has 0 aliphatic heterocycles. The Morgan fingerprint density at radius 2 is 1.89 bits per heavy atom. The van der Waals surface area contributed by atoms with Gasteiger partial charge in [0.15, 0.2) is 4.80 Å². The number of aryl methyl sites for hydroxylation is 1. The molecule has 1 aromatic heterocycles. The number of aromatic nitrogens is 1. The maximum atomic E-state index is 12.5. The molecule has 0 unspecified atom stereocenters. The molecule has 1 amide bonds. The molecule has 0 bridgehead atoms. The second-order valence-corrected chi connectivity index (χ2v) is 8.71. The Balaban J connectivity index is 1.59. The van der Waals surface area contributed by atoms with E-state index in [1.807, 2.05) is 19.2 Å². The van der Waals surface area contributed by atoms with Gasteiger partial charge in [0.05, 0.1) is 12.5 Å². The van der Waals surface area contributed by atoms with Crippen molar-refractivity contribution in [3.63, 3.8) is 0 Å². The molecule has 3 rings (SSSR count). The molecule has 4 nitrogen and oxygen atoms in total. The Morgan fingerprint density at radius 3 is 2.57 bits per heavy atom. The number of anilines is 1. The number of hydrogen-bond acceptors (Lipinski definition) is 3. The Labute approximate surface area is 172 Å². The smallest absolute Gasteiger partial charge is 0.230 e. The highest BCUT2D eigenvalue weighted by Crippen LogP contribution is 2.19. The summed E-state index contributed by atoms with van der Waals surface area (Å²) in [6.07, 6.45) is 11.5. The van der Waals surface area contributed by atoms with E-state index in [0.29, 0.717) is 12.5 Å². The molecule has 28 heavy (non-hydrogen) atoms. The number of nitrogens with zero attached hydrogens (tertiary/aromatic N) is 2. The highest BCUT2D eigenvalue weighted by atomic mass is 32.1. The Bertz CT molecular complexity index is 811. The van der Waals surface area contributed by atoms with Crippen LogP contribution >= 0.6 is 11.3 Å². The van der Waals surface area contributed by atoms with E-state index in [9.17, 15) is 4.79 Å². The summed E-state index contributed by atoms with van der Waals surface area (Å²) in [6, 6.07) is 8.67. The summed E-state index contributed by atoms with van der Waals surface area (Å²) in [6.45, 7) is 2.20. The van der Waals surface area contributed by atoms with Crippen LogP contribution in [0.2, 0.25) is 0 Å². The van der Waals surface area contributed by atoms with Gasteiger partial charge in [0.1, 0.15) is 0 Å². The molecule has 152 valence electrons. The van der Waals surface area contributed by atoms with Gasteiger partial charge in [0, 0.05) is 23.8 Å². The molecule has 1 aromatic carbocycles. The first-order valence-electron chi connectivity index (χ1n) is 10.7. The zero-order chi connectivity index (χ0) is 19.8. The van der Waals surface area contributed by atoms with Crippen LogP contribution in [0.15, 0.2) is 34.6 Å². The van der Waals surface area contributed by atoms with E-state index in [0.717, 1.165) is 22.6 Å². The van der Waals surface area contributed by atoms with Crippen LogP contribution in [0.5, 0.6) is 0 Å². The number of carbonyl (C=O) groups excluding carboxylic acids is 1. The first-order valence-corrected chi connectivity index (χ1v) is 11.6. The van der Waals surface area contributed by atoms with Crippen molar-refractivity contribution in [2.75, 3.05) is 5.32 Å². The molecule has 1 heterocycles. The van der Waals surface area contributed by atoms with Crippen LogP contribution in [0.4, 0.5) is 5.69 Å². The first-order chi connectivity index (χ1) is 13.7. The summed E-state index contributed by atoms with van der Waals surface area (Å²) in [5, 5.41) is 5.09. The minimum atomic E-state index is 0.0238. The summed E-state index contributed by atoms with van der Waals surface area (Å²) in [5.74, 6) is 0.0238. The fraction of sp³-hybridized carbons (Fsp3) is 0.565. The SMILES string of the molecule is CCCCc1ccc(NC(=O)Cc2csc(=NC3CCCCCC3)n2C)cc1. The third kappa shape index (κ3) is 6.06. The lowest BCUT2D eigenvalue weighted by Gasteiger charge is -2.09. The van der Waals surface area contributed by atoms with Crippen LogP contribution in [-0.4, -0.2) is 16.5 Å². The average Bonchev–Trinajstić information content (AvgIpc) is 2.89. The molecule has 0 spiro atoms. The maximum absolute atomic E-state index is 12.5. The number of unbranched alkanes of at least 4 members (excludes halogenated alkanes) is 1. The fourth-order valence-electron chi connectivity index (χ4n) is 3.73. The summed E-state index contributed by atoms with van der Waals surface area (Å²) in [5.41, 5.74) is 3.22. The third-order valence-electron chi connectivity index (χ3n) is 5.53. The van der Waals surface area contributed by atoms with Crippen LogP contribution in [0, 0.1) is 0 Å². The van der Waals surface area contributed by atoms with E-state index in [1.54, 1.807) is 11.3 Å². The van der Waals surface area contributed by atoms with Crippen molar-refractivity contribution in [2.45, 2.75) is 77.2 Å². The Kier molecular flexibility index (Phi) is 7.90. The van der Waals surface area contributed by atoms with Crippen molar-refractivity contribution in [3.05, 3.63) is 45.7 Å². The molecular formula is C23H33N3OS. The van der Waals surface area contributed by atoms with Crippen LogP contribution in [0.1, 0.15) is 69.5 Å². The van der Waals surface area contributed by atoms with Crippen molar-refractivity contribution in [2.24, 2.45) is 12.0 Å². The van der Waals surface area contributed by atoms with Gasteiger partial charge in [-0.05, 0) is 43.4 Å². The molecule has 5 heteroatoms. The van der Waals surface area contributed by atoms with Crippen molar-refractivity contribution in [3.8, 4) is 0 Å². The van der Waals surface area contributed by atoms with E-state index in [-0.39, 0.29) is 5.91 Å². The number of rotatable bonds is 7. The summed E-state index contributed by atoms with van der Waals surface area (Å²) < 4.78 is 2.09. The Morgan fingerprint density at radius 1 is 1.18 bits per heavy atom. The average molecular weight is 400 g/mol. The monoisotopic (exact) mass is 399 g/mol. The number of nitrogens with one attached hydrogen (secondary N) is 1. The molecule has 1 fully saturated rings. The molecule has 1 aliphatic rings. The molecule has 0 radical (unpaired) electrons. The van der Waals surface area contributed by atoms with Gasteiger partial charge in [-0.15, -0.1) is 11.3 Å². The van der Waals surface area contributed by atoms with Crippen molar-refractivity contribution < 1.29 is 4.79 Å². The molecule has 1 N–H and O–H groups in total. The highest BCUT2D eigenvalue weighted by Gasteiger charge is 2.13.